The molecule has 0 saturated heterocycles. The largest absolute Gasteiger partial charge is 0.493 e. The molecule has 0 unspecified atom stereocenters. The molecule has 0 atom stereocenters. The Morgan fingerprint density at radius 1 is 1.55 bits per heavy atom. The number of methoxy groups -OCH3 is 1. The predicted molar refractivity (Wildman–Crippen MR) is 82.1 cm³/mol. The summed E-state index contributed by atoms with van der Waals surface area (Å²) in [5, 5.41) is 4.21. The van der Waals surface area contributed by atoms with Crippen molar-refractivity contribution in [3.63, 3.8) is 0 Å². The van der Waals surface area contributed by atoms with Gasteiger partial charge in [0.15, 0.2) is 11.4 Å². The van der Waals surface area contributed by atoms with Crippen LogP contribution in [-0.2, 0) is 18.7 Å². The van der Waals surface area contributed by atoms with Crippen LogP contribution in [0.25, 0.3) is 0 Å². The number of fused-ring (bicyclic) bond motifs is 1. The van der Waals surface area contributed by atoms with Gasteiger partial charge in [-0.05, 0) is 30.7 Å². The van der Waals surface area contributed by atoms with Gasteiger partial charge in [-0.25, -0.2) is 0 Å². The van der Waals surface area contributed by atoms with Gasteiger partial charge < -0.3 is 4.74 Å². The monoisotopic (exact) mass is 308 g/mol. The van der Waals surface area contributed by atoms with Crippen molar-refractivity contribution >= 4 is 28.9 Å². The Morgan fingerprint density at radius 3 is 3.10 bits per heavy atom. The number of carbonyl (C=O) groups is 1. The predicted octanol–water partition coefficient (Wildman–Crippen LogP) is 2.99. The SMILES string of the molecule is CCn1ncc(OC)c1C(=O)c1cc2c(s1)CCSC2. The zero-order chi connectivity index (χ0) is 14.1. The van der Waals surface area contributed by atoms with Gasteiger partial charge in [-0.15, -0.1) is 11.3 Å². The molecule has 0 amide bonds. The summed E-state index contributed by atoms with van der Waals surface area (Å²) in [6, 6.07) is 2.04. The molecule has 1 aliphatic heterocycles. The van der Waals surface area contributed by atoms with E-state index in [1.165, 1.54) is 10.4 Å². The third kappa shape index (κ3) is 2.27. The average molecular weight is 308 g/mol. The standard InChI is InChI=1S/C14H16N2O2S2/c1-3-16-13(10(18-2)7-15-16)14(17)12-6-9-8-19-5-4-11(9)20-12/h6-7H,3-5,8H2,1-2H3. The maximum absolute atomic E-state index is 12.7. The molecular weight excluding hydrogens is 292 g/mol. The van der Waals surface area contributed by atoms with Crippen LogP contribution in [0.3, 0.4) is 0 Å². The minimum atomic E-state index is 0.0191. The number of ether oxygens (including phenoxy) is 1. The Labute approximate surface area is 126 Å². The molecule has 0 aliphatic carbocycles. The molecule has 0 N–H and O–H groups in total. The first-order valence-corrected chi connectivity index (χ1v) is 8.55. The fourth-order valence-corrected chi connectivity index (χ4v) is 4.68. The lowest BCUT2D eigenvalue weighted by Gasteiger charge is -2.08. The van der Waals surface area contributed by atoms with Gasteiger partial charge in [-0.3, -0.25) is 9.48 Å². The van der Waals surface area contributed by atoms with E-state index in [-0.39, 0.29) is 5.78 Å². The van der Waals surface area contributed by atoms with Crippen LogP contribution < -0.4 is 4.74 Å². The lowest BCUT2D eigenvalue weighted by Crippen LogP contribution is -2.10. The summed E-state index contributed by atoms with van der Waals surface area (Å²) in [5.41, 5.74) is 1.87. The van der Waals surface area contributed by atoms with E-state index in [0.717, 1.165) is 22.8 Å². The van der Waals surface area contributed by atoms with E-state index < -0.39 is 0 Å². The van der Waals surface area contributed by atoms with Gasteiger partial charge >= 0.3 is 0 Å². The van der Waals surface area contributed by atoms with E-state index in [2.05, 4.69) is 5.10 Å². The Hall–Kier alpha value is -1.27. The van der Waals surface area contributed by atoms with E-state index in [4.69, 9.17) is 4.74 Å². The first-order chi connectivity index (χ1) is 9.74. The number of aryl methyl sites for hydroxylation is 2. The molecule has 2 aromatic heterocycles. The first-order valence-electron chi connectivity index (χ1n) is 6.58. The maximum atomic E-state index is 12.7. The van der Waals surface area contributed by atoms with Gasteiger partial charge in [-0.1, -0.05) is 0 Å². The molecule has 0 fully saturated rings. The van der Waals surface area contributed by atoms with E-state index in [9.17, 15) is 4.79 Å². The molecule has 0 radical (unpaired) electrons. The van der Waals surface area contributed by atoms with Gasteiger partial charge in [0.25, 0.3) is 0 Å². The van der Waals surface area contributed by atoms with E-state index in [1.54, 1.807) is 29.3 Å². The third-order valence-corrected chi connectivity index (χ3v) is 5.64. The molecule has 0 spiro atoms. The number of aromatic nitrogens is 2. The van der Waals surface area contributed by atoms with Crippen LogP contribution in [-0.4, -0.2) is 28.4 Å². The highest BCUT2D eigenvalue weighted by Gasteiger charge is 2.24. The summed E-state index contributed by atoms with van der Waals surface area (Å²) in [6.45, 7) is 2.63. The minimum Gasteiger partial charge on any atom is -0.493 e. The van der Waals surface area contributed by atoms with Crippen molar-refractivity contribution in [2.75, 3.05) is 12.9 Å². The van der Waals surface area contributed by atoms with Crippen molar-refractivity contribution in [3.05, 3.63) is 33.3 Å². The number of thiophene rings is 1. The first kappa shape index (κ1) is 13.7. The van der Waals surface area contributed by atoms with Crippen LogP contribution >= 0.6 is 23.1 Å². The van der Waals surface area contributed by atoms with Crippen LogP contribution in [0.15, 0.2) is 12.3 Å². The number of hydrogen-bond acceptors (Lipinski definition) is 5. The second-order valence-electron chi connectivity index (χ2n) is 4.57. The molecule has 1 aliphatic rings. The summed E-state index contributed by atoms with van der Waals surface area (Å²) in [7, 11) is 1.57. The lowest BCUT2D eigenvalue weighted by molar-refractivity contribution is 0.102. The number of carbonyl (C=O) groups excluding carboxylic acids is 1. The van der Waals surface area contributed by atoms with Crippen molar-refractivity contribution in [2.45, 2.75) is 25.6 Å². The number of hydrogen-bond donors (Lipinski definition) is 0. The molecule has 2 aromatic rings. The highest BCUT2D eigenvalue weighted by Crippen LogP contribution is 2.33. The summed E-state index contributed by atoms with van der Waals surface area (Å²) < 4.78 is 6.97. The van der Waals surface area contributed by atoms with Crippen LogP contribution in [0.2, 0.25) is 0 Å². The van der Waals surface area contributed by atoms with Crippen molar-refractivity contribution in [3.8, 4) is 5.75 Å². The molecule has 3 heterocycles. The second kappa shape index (κ2) is 5.61. The Morgan fingerprint density at radius 2 is 2.40 bits per heavy atom. The van der Waals surface area contributed by atoms with Crippen molar-refractivity contribution in [2.24, 2.45) is 0 Å². The Balaban J connectivity index is 2.00. The second-order valence-corrected chi connectivity index (χ2v) is 6.81. The van der Waals surface area contributed by atoms with Gasteiger partial charge in [0, 0.05) is 17.2 Å². The molecule has 0 bridgehead atoms. The smallest absolute Gasteiger partial charge is 0.224 e. The third-order valence-electron chi connectivity index (χ3n) is 3.39. The molecule has 3 rings (SSSR count). The zero-order valence-electron chi connectivity index (χ0n) is 11.5. The topological polar surface area (TPSA) is 44.1 Å². The molecule has 0 saturated carbocycles. The quantitative estimate of drug-likeness (QED) is 0.815. The van der Waals surface area contributed by atoms with E-state index >= 15 is 0 Å². The average Bonchev–Trinajstić information content (AvgIpc) is 3.09. The van der Waals surface area contributed by atoms with Crippen molar-refractivity contribution in [1.29, 1.82) is 0 Å². The normalized spacial score (nSPS) is 14.1. The van der Waals surface area contributed by atoms with E-state index in [0.29, 0.717) is 18.0 Å². The lowest BCUT2D eigenvalue weighted by atomic mass is 10.2. The van der Waals surface area contributed by atoms with Crippen molar-refractivity contribution in [1.82, 2.24) is 9.78 Å². The van der Waals surface area contributed by atoms with Crippen molar-refractivity contribution < 1.29 is 9.53 Å². The molecule has 4 nitrogen and oxygen atoms in total. The van der Waals surface area contributed by atoms with Crippen LogP contribution in [0.1, 0.15) is 32.7 Å². The summed E-state index contributed by atoms with van der Waals surface area (Å²) in [4.78, 5) is 14.9. The highest BCUT2D eigenvalue weighted by molar-refractivity contribution is 7.98. The zero-order valence-corrected chi connectivity index (χ0v) is 13.1. The number of nitrogens with zero attached hydrogens (tertiary/aromatic N) is 2. The number of rotatable bonds is 4. The number of thioether (sulfide) groups is 1. The van der Waals surface area contributed by atoms with Gasteiger partial charge in [0.1, 0.15) is 0 Å². The van der Waals surface area contributed by atoms with Crippen LogP contribution in [0.5, 0.6) is 5.75 Å². The van der Waals surface area contributed by atoms with Gasteiger partial charge in [0.2, 0.25) is 5.78 Å². The van der Waals surface area contributed by atoms with Gasteiger partial charge in [0.05, 0.1) is 18.2 Å². The molecule has 6 heteroatoms. The van der Waals surface area contributed by atoms with Gasteiger partial charge in [-0.2, -0.15) is 16.9 Å². The highest BCUT2D eigenvalue weighted by atomic mass is 32.2. The van der Waals surface area contributed by atoms with Crippen LogP contribution in [0.4, 0.5) is 0 Å². The number of ketones is 1. The Bertz CT molecular complexity index is 601. The van der Waals surface area contributed by atoms with E-state index in [1.807, 2.05) is 24.8 Å². The Kier molecular flexibility index (Phi) is 3.85. The summed E-state index contributed by atoms with van der Waals surface area (Å²) in [5.74, 6) is 2.74. The fourth-order valence-electron chi connectivity index (χ4n) is 2.36. The summed E-state index contributed by atoms with van der Waals surface area (Å²) in [6.07, 6.45) is 2.68. The molecular formula is C14H16N2O2S2. The maximum Gasteiger partial charge on any atom is 0.224 e. The minimum absolute atomic E-state index is 0.0191. The summed E-state index contributed by atoms with van der Waals surface area (Å²) >= 11 is 3.55. The molecule has 0 aromatic carbocycles. The molecule has 20 heavy (non-hydrogen) atoms. The molecule has 106 valence electrons. The fraction of sp³-hybridized carbons (Fsp3) is 0.429. The van der Waals surface area contributed by atoms with Crippen LogP contribution in [0, 0.1) is 0 Å².